The minimum Gasteiger partial charge on any atom is -0.492 e. The monoisotopic (exact) mass is 406 g/mol. The molecule has 6 heteroatoms. The number of amides is 1. The van der Waals surface area contributed by atoms with Gasteiger partial charge in [0.25, 0.3) is 5.91 Å². The summed E-state index contributed by atoms with van der Waals surface area (Å²) < 4.78 is 11.7. The summed E-state index contributed by atoms with van der Waals surface area (Å²) in [6.07, 6.45) is 2.72. The van der Waals surface area contributed by atoms with Crippen LogP contribution < -0.4 is 10.2 Å². The van der Waals surface area contributed by atoms with Crippen LogP contribution in [0.15, 0.2) is 77.2 Å². The Kier molecular flexibility index (Phi) is 7.83. The van der Waals surface area contributed by atoms with E-state index in [0.717, 1.165) is 24.6 Å². The molecule has 0 aliphatic carbocycles. The van der Waals surface area contributed by atoms with E-state index < -0.39 is 5.91 Å². The average molecular weight is 406 g/mol. The quantitative estimate of drug-likeness (QED) is 0.300. The number of aryl methyl sites for hydroxylation is 1. The van der Waals surface area contributed by atoms with Crippen LogP contribution in [0.3, 0.4) is 0 Å². The number of benzene rings is 2. The highest BCUT2D eigenvalue weighted by Crippen LogP contribution is 2.15. The summed E-state index contributed by atoms with van der Waals surface area (Å²) in [4.78, 5) is 13.4. The summed E-state index contributed by atoms with van der Waals surface area (Å²) in [6, 6.07) is 21.9. The van der Waals surface area contributed by atoms with Gasteiger partial charge in [0.1, 0.15) is 23.9 Å². The molecular weight excluding hydrogens is 380 g/mol. The van der Waals surface area contributed by atoms with E-state index in [4.69, 9.17) is 14.4 Å². The van der Waals surface area contributed by atoms with Crippen molar-refractivity contribution in [2.45, 2.75) is 20.0 Å². The van der Waals surface area contributed by atoms with E-state index in [2.05, 4.69) is 24.0 Å². The molecule has 0 saturated carbocycles. The first-order valence-corrected chi connectivity index (χ1v) is 9.79. The summed E-state index contributed by atoms with van der Waals surface area (Å²) in [5, 5.41) is 8.56. The summed E-state index contributed by atoms with van der Waals surface area (Å²) in [5.41, 5.74) is 3.96. The third-order valence-corrected chi connectivity index (χ3v) is 4.52. The fourth-order valence-electron chi connectivity index (χ4n) is 2.97. The third kappa shape index (κ3) is 6.92. The Bertz CT molecular complexity index is 949. The van der Waals surface area contributed by atoms with Gasteiger partial charge in [-0.05, 0) is 42.8 Å². The summed E-state index contributed by atoms with van der Waals surface area (Å²) in [6.45, 7) is 4.69. The Morgan fingerprint density at radius 2 is 1.83 bits per heavy atom. The molecule has 2 N–H and O–H groups in total. The first kappa shape index (κ1) is 21.4. The van der Waals surface area contributed by atoms with Gasteiger partial charge in [-0.15, -0.1) is 0 Å². The second kappa shape index (κ2) is 11.0. The summed E-state index contributed by atoms with van der Waals surface area (Å²) >= 11 is 0. The number of nitrogens with zero attached hydrogens (tertiary/aromatic N) is 1. The van der Waals surface area contributed by atoms with Gasteiger partial charge in [0, 0.05) is 19.2 Å². The van der Waals surface area contributed by atoms with Crippen LogP contribution in [0.4, 0.5) is 0 Å². The molecule has 1 amide bonds. The fraction of sp³-hybridized carbons (Fsp3) is 0.208. The number of hydrogen-bond donors (Lipinski definition) is 2. The van der Waals surface area contributed by atoms with Crippen LogP contribution in [0.25, 0.3) is 6.08 Å². The molecule has 0 aliphatic heterocycles. The van der Waals surface area contributed by atoms with Gasteiger partial charge in [-0.2, -0.15) is 0 Å². The summed E-state index contributed by atoms with van der Waals surface area (Å²) in [5.74, 6) is 1.58. The van der Waals surface area contributed by atoms with Gasteiger partial charge in [-0.1, -0.05) is 48.0 Å². The molecule has 2 aromatic carbocycles. The lowest BCUT2D eigenvalue weighted by Gasteiger charge is -2.21. The second-order valence-electron chi connectivity index (χ2n) is 6.97. The Morgan fingerprint density at radius 1 is 1.07 bits per heavy atom. The molecule has 1 heterocycles. The van der Waals surface area contributed by atoms with Gasteiger partial charge < -0.3 is 9.15 Å². The van der Waals surface area contributed by atoms with Crippen molar-refractivity contribution in [1.29, 1.82) is 0 Å². The Morgan fingerprint density at radius 3 is 2.57 bits per heavy atom. The zero-order valence-electron chi connectivity index (χ0n) is 17.0. The average Bonchev–Trinajstić information content (AvgIpc) is 3.21. The molecule has 0 aliphatic rings. The van der Waals surface area contributed by atoms with Gasteiger partial charge in [0.2, 0.25) is 0 Å². The van der Waals surface area contributed by atoms with Crippen molar-refractivity contribution in [1.82, 2.24) is 10.4 Å². The predicted octanol–water partition coefficient (Wildman–Crippen LogP) is 4.19. The zero-order chi connectivity index (χ0) is 21.2. The molecule has 0 radical (unpaired) electrons. The second-order valence-corrected chi connectivity index (χ2v) is 6.97. The van der Waals surface area contributed by atoms with Crippen molar-refractivity contribution < 1.29 is 19.2 Å². The minimum atomic E-state index is -0.605. The van der Waals surface area contributed by atoms with Gasteiger partial charge >= 0.3 is 0 Å². The van der Waals surface area contributed by atoms with Gasteiger partial charge in [0.05, 0.1) is 6.54 Å². The van der Waals surface area contributed by atoms with E-state index in [1.54, 1.807) is 11.5 Å². The van der Waals surface area contributed by atoms with E-state index in [-0.39, 0.29) is 0 Å². The molecule has 156 valence electrons. The first-order valence-electron chi connectivity index (χ1n) is 9.79. The Hall–Kier alpha value is -3.35. The van der Waals surface area contributed by atoms with Crippen LogP contribution in [-0.2, 0) is 17.9 Å². The standard InChI is InChI=1S/C24H26N2O4/c1-19-7-9-21(10-8-19)29-16-15-26(17-20-5-3-2-4-6-20)18-23-12-11-22(30-23)13-14-24(27)25-28/h2-14,28H,15-18H2,1H3,(H,25,27)/b14-13+. The normalized spacial score (nSPS) is 11.2. The molecule has 0 unspecified atom stereocenters. The molecule has 0 atom stereocenters. The van der Waals surface area contributed by atoms with Crippen molar-refractivity contribution in [3.8, 4) is 5.75 Å². The Labute approximate surface area is 176 Å². The highest BCUT2D eigenvalue weighted by Gasteiger charge is 2.11. The van der Waals surface area contributed by atoms with Crippen LogP contribution >= 0.6 is 0 Å². The van der Waals surface area contributed by atoms with E-state index in [1.807, 2.05) is 48.5 Å². The molecule has 0 fully saturated rings. The van der Waals surface area contributed by atoms with Crippen LogP contribution in [0.1, 0.15) is 22.6 Å². The van der Waals surface area contributed by atoms with Gasteiger partial charge in [0.15, 0.2) is 0 Å². The molecule has 6 nitrogen and oxygen atoms in total. The maximum Gasteiger partial charge on any atom is 0.267 e. The smallest absolute Gasteiger partial charge is 0.267 e. The number of ether oxygens (including phenoxy) is 1. The van der Waals surface area contributed by atoms with Crippen LogP contribution in [-0.4, -0.2) is 29.2 Å². The lowest BCUT2D eigenvalue weighted by atomic mass is 10.2. The van der Waals surface area contributed by atoms with Crippen LogP contribution in [0.2, 0.25) is 0 Å². The number of rotatable bonds is 10. The maximum absolute atomic E-state index is 11.1. The lowest BCUT2D eigenvalue weighted by Crippen LogP contribution is -2.27. The summed E-state index contributed by atoms with van der Waals surface area (Å²) in [7, 11) is 0. The molecular formula is C24H26N2O4. The number of nitrogens with one attached hydrogen (secondary N) is 1. The van der Waals surface area contributed by atoms with E-state index >= 15 is 0 Å². The number of furan rings is 1. The highest BCUT2D eigenvalue weighted by atomic mass is 16.5. The maximum atomic E-state index is 11.1. The Balaban J connectivity index is 1.62. The van der Waals surface area contributed by atoms with E-state index in [9.17, 15) is 4.79 Å². The first-order chi connectivity index (χ1) is 14.6. The van der Waals surface area contributed by atoms with E-state index in [0.29, 0.717) is 18.9 Å². The van der Waals surface area contributed by atoms with Gasteiger partial charge in [-0.25, -0.2) is 5.48 Å². The van der Waals surface area contributed by atoms with Crippen molar-refractivity contribution in [2.24, 2.45) is 0 Å². The van der Waals surface area contributed by atoms with Crippen LogP contribution in [0, 0.1) is 6.92 Å². The molecule has 0 saturated heterocycles. The van der Waals surface area contributed by atoms with Crippen molar-refractivity contribution in [3.05, 3.63) is 95.5 Å². The minimum absolute atomic E-state index is 0.546. The predicted molar refractivity (Wildman–Crippen MR) is 115 cm³/mol. The molecule has 0 spiro atoms. The highest BCUT2D eigenvalue weighted by molar-refractivity contribution is 5.90. The van der Waals surface area contributed by atoms with Crippen molar-refractivity contribution in [3.63, 3.8) is 0 Å². The van der Waals surface area contributed by atoms with Crippen molar-refractivity contribution in [2.75, 3.05) is 13.2 Å². The SMILES string of the molecule is Cc1ccc(OCCN(Cc2ccccc2)Cc2ccc(/C=C/C(=O)NO)o2)cc1. The fourth-order valence-corrected chi connectivity index (χ4v) is 2.97. The molecule has 3 rings (SSSR count). The lowest BCUT2D eigenvalue weighted by molar-refractivity contribution is -0.124. The van der Waals surface area contributed by atoms with E-state index in [1.165, 1.54) is 23.3 Å². The molecule has 1 aromatic heterocycles. The molecule has 0 bridgehead atoms. The number of carbonyl (C=O) groups excluding carboxylic acids is 1. The number of hydroxylamine groups is 1. The number of carbonyl (C=O) groups is 1. The largest absolute Gasteiger partial charge is 0.492 e. The van der Waals surface area contributed by atoms with Gasteiger partial charge in [-0.3, -0.25) is 14.9 Å². The zero-order valence-corrected chi connectivity index (χ0v) is 17.0. The molecule has 30 heavy (non-hydrogen) atoms. The molecule has 3 aromatic rings. The third-order valence-electron chi connectivity index (χ3n) is 4.52. The van der Waals surface area contributed by atoms with Crippen molar-refractivity contribution >= 4 is 12.0 Å². The topological polar surface area (TPSA) is 74.9 Å². The van der Waals surface area contributed by atoms with Crippen LogP contribution in [0.5, 0.6) is 5.75 Å². The number of hydrogen-bond acceptors (Lipinski definition) is 5.